The largest absolute Gasteiger partial charge is 0.467 e. The number of aromatic nitrogens is 1. The van der Waals surface area contributed by atoms with Gasteiger partial charge in [0.15, 0.2) is 11.7 Å². The van der Waals surface area contributed by atoms with Crippen molar-refractivity contribution >= 4 is 17.5 Å². The molecule has 5 nitrogen and oxygen atoms in total. The van der Waals surface area contributed by atoms with E-state index in [4.69, 9.17) is 20.4 Å². The van der Waals surface area contributed by atoms with Gasteiger partial charge in [-0.15, -0.1) is 0 Å². The highest BCUT2D eigenvalue weighted by Gasteiger charge is 2.20. The van der Waals surface area contributed by atoms with Gasteiger partial charge in [0.05, 0.1) is 23.5 Å². The van der Waals surface area contributed by atoms with Gasteiger partial charge >= 0.3 is 0 Å². The van der Waals surface area contributed by atoms with Crippen molar-refractivity contribution in [1.29, 1.82) is 0 Å². The maximum Gasteiger partial charge on any atom is 0.223 e. The number of halogens is 1. The number of oxazole rings is 1. The number of amides is 1. The molecule has 0 saturated carbocycles. The van der Waals surface area contributed by atoms with Crippen LogP contribution < -0.4 is 0 Å². The van der Waals surface area contributed by atoms with E-state index in [1.54, 1.807) is 30.5 Å². The molecule has 1 aromatic carbocycles. The lowest BCUT2D eigenvalue weighted by molar-refractivity contribution is -0.132. The molecular formula is C19H19ClN2O3. The third kappa shape index (κ3) is 3.94. The SMILES string of the molecule is CC(c1ccco1)N(C)C(=O)CCc1ncc(-c2ccccc2Cl)o1. The van der Waals surface area contributed by atoms with E-state index in [9.17, 15) is 4.79 Å². The van der Waals surface area contributed by atoms with Crippen LogP contribution in [-0.2, 0) is 11.2 Å². The third-order valence-electron chi connectivity index (χ3n) is 4.17. The number of hydrogen-bond donors (Lipinski definition) is 0. The molecule has 6 heteroatoms. The van der Waals surface area contributed by atoms with Crippen molar-refractivity contribution < 1.29 is 13.6 Å². The Kier molecular flexibility index (Phi) is 5.24. The number of carbonyl (C=O) groups is 1. The molecule has 0 saturated heterocycles. The molecule has 0 aliphatic heterocycles. The van der Waals surface area contributed by atoms with Gasteiger partial charge in [-0.3, -0.25) is 4.79 Å². The van der Waals surface area contributed by atoms with Crippen LogP contribution in [0.4, 0.5) is 0 Å². The zero-order valence-electron chi connectivity index (χ0n) is 14.1. The van der Waals surface area contributed by atoms with Crippen molar-refractivity contribution in [1.82, 2.24) is 9.88 Å². The summed E-state index contributed by atoms with van der Waals surface area (Å²) in [6, 6.07) is 11.0. The summed E-state index contributed by atoms with van der Waals surface area (Å²) in [6.07, 6.45) is 3.98. The van der Waals surface area contributed by atoms with E-state index in [0.717, 1.165) is 11.3 Å². The van der Waals surface area contributed by atoms with Crippen LogP contribution in [0.2, 0.25) is 5.02 Å². The molecule has 130 valence electrons. The average Bonchev–Trinajstić information content (AvgIpc) is 3.30. The zero-order chi connectivity index (χ0) is 17.8. The number of benzene rings is 1. The molecule has 0 spiro atoms. The molecular weight excluding hydrogens is 340 g/mol. The van der Waals surface area contributed by atoms with Gasteiger partial charge < -0.3 is 13.7 Å². The first-order valence-corrected chi connectivity index (χ1v) is 8.42. The zero-order valence-corrected chi connectivity index (χ0v) is 14.9. The van der Waals surface area contributed by atoms with E-state index in [-0.39, 0.29) is 11.9 Å². The summed E-state index contributed by atoms with van der Waals surface area (Å²) >= 11 is 6.16. The Hall–Kier alpha value is -2.53. The van der Waals surface area contributed by atoms with Crippen LogP contribution in [-0.4, -0.2) is 22.8 Å². The van der Waals surface area contributed by atoms with Crippen molar-refractivity contribution in [2.45, 2.75) is 25.8 Å². The second kappa shape index (κ2) is 7.57. The first-order chi connectivity index (χ1) is 12.1. The highest BCUT2D eigenvalue weighted by molar-refractivity contribution is 6.33. The van der Waals surface area contributed by atoms with E-state index in [1.807, 2.05) is 37.3 Å². The molecule has 0 radical (unpaired) electrons. The van der Waals surface area contributed by atoms with Crippen LogP contribution in [0, 0.1) is 0 Å². The highest BCUT2D eigenvalue weighted by atomic mass is 35.5. The van der Waals surface area contributed by atoms with Crippen LogP contribution in [0.5, 0.6) is 0 Å². The van der Waals surface area contributed by atoms with Gasteiger partial charge in [0.2, 0.25) is 5.91 Å². The second-order valence-corrected chi connectivity index (χ2v) is 6.20. The Balaban J connectivity index is 1.60. The van der Waals surface area contributed by atoms with Gasteiger partial charge in [-0.05, 0) is 31.2 Å². The lowest BCUT2D eigenvalue weighted by Crippen LogP contribution is -2.29. The Labute approximate surface area is 151 Å². The van der Waals surface area contributed by atoms with Gasteiger partial charge in [-0.25, -0.2) is 4.98 Å². The van der Waals surface area contributed by atoms with E-state index >= 15 is 0 Å². The van der Waals surface area contributed by atoms with Gasteiger partial charge in [0.25, 0.3) is 0 Å². The van der Waals surface area contributed by atoms with Crippen LogP contribution >= 0.6 is 11.6 Å². The summed E-state index contributed by atoms with van der Waals surface area (Å²) in [5, 5.41) is 0.605. The average molecular weight is 359 g/mol. The van der Waals surface area contributed by atoms with Gasteiger partial charge in [0, 0.05) is 25.5 Å². The fourth-order valence-electron chi connectivity index (χ4n) is 2.54. The minimum Gasteiger partial charge on any atom is -0.467 e. The molecule has 0 aliphatic rings. The predicted octanol–water partition coefficient (Wildman–Crippen LogP) is 4.74. The molecule has 1 unspecified atom stereocenters. The first kappa shape index (κ1) is 17.3. The van der Waals surface area contributed by atoms with Crippen molar-refractivity contribution in [2.24, 2.45) is 0 Å². The van der Waals surface area contributed by atoms with Crippen LogP contribution in [0.1, 0.15) is 31.0 Å². The van der Waals surface area contributed by atoms with Crippen molar-refractivity contribution in [2.75, 3.05) is 7.05 Å². The Morgan fingerprint density at radius 1 is 1.28 bits per heavy atom. The summed E-state index contributed by atoms with van der Waals surface area (Å²) in [5.74, 6) is 1.88. The highest BCUT2D eigenvalue weighted by Crippen LogP contribution is 2.28. The fourth-order valence-corrected chi connectivity index (χ4v) is 2.77. The molecule has 0 fully saturated rings. The number of furan rings is 1. The topological polar surface area (TPSA) is 59.5 Å². The van der Waals surface area contributed by atoms with Crippen molar-refractivity contribution in [3.63, 3.8) is 0 Å². The maximum absolute atomic E-state index is 12.4. The molecule has 2 aromatic heterocycles. The van der Waals surface area contributed by atoms with E-state index in [2.05, 4.69) is 4.98 Å². The summed E-state index contributed by atoms with van der Waals surface area (Å²) < 4.78 is 11.1. The van der Waals surface area contributed by atoms with E-state index < -0.39 is 0 Å². The van der Waals surface area contributed by atoms with Crippen LogP contribution in [0.15, 0.2) is 57.7 Å². The maximum atomic E-state index is 12.4. The summed E-state index contributed by atoms with van der Waals surface area (Å²) in [6.45, 7) is 1.93. The quantitative estimate of drug-likeness (QED) is 0.638. The van der Waals surface area contributed by atoms with Crippen molar-refractivity contribution in [3.05, 3.63) is 65.5 Å². The Bertz CT molecular complexity index is 842. The molecule has 0 aliphatic carbocycles. The summed E-state index contributed by atoms with van der Waals surface area (Å²) in [7, 11) is 1.76. The van der Waals surface area contributed by atoms with Gasteiger partial charge in [0.1, 0.15) is 5.76 Å². The number of hydrogen-bond acceptors (Lipinski definition) is 4. The molecule has 1 amide bonds. The molecule has 2 heterocycles. The predicted molar refractivity (Wildman–Crippen MR) is 95.2 cm³/mol. The molecule has 3 rings (SSSR count). The van der Waals surface area contributed by atoms with E-state index in [1.165, 1.54) is 0 Å². The summed E-state index contributed by atoms with van der Waals surface area (Å²) in [5.41, 5.74) is 0.790. The lowest BCUT2D eigenvalue weighted by Gasteiger charge is -2.23. The van der Waals surface area contributed by atoms with Gasteiger partial charge in [-0.2, -0.15) is 0 Å². The molecule has 3 aromatic rings. The van der Waals surface area contributed by atoms with Crippen LogP contribution in [0.25, 0.3) is 11.3 Å². The Morgan fingerprint density at radius 2 is 2.08 bits per heavy atom. The monoisotopic (exact) mass is 358 g/mol. The van der Waals surface area contributed by atoms with E-state index in [0.29, 0.717) is 29.5 Å². The van der Waals surface area contributed by atoms with Crippen molar-refractivity contribution in [3.8, 4) is 11.3 Å². The number of aryl methyl sites for hydroxylation is 1. The summed E-state index contributed by atoms with van der Waals surface area (Å²) in [4.78, 5) is 18.3. The van der Waals surface area contributed by atoms with Gasteiger partial charge in [-0.1, -0.05) is 23.7 Å². The molecule has 1 atom stereocenters. The van der Waals surface area contributed by atoms with Crippen LogP contribution in [0.3, 0.4) is 0 Å². The second-order valence-electron chi connectivity index (χ2n) is 5.79. The minimum absolute atomic E-state index is 0.00129. The molecule has 0 bridgehead atoms. The number of nitrogens with zero attached hydrogens (tertiary/aromatic N) is 2. The molecule has 25 heavy (non-hydrogen) atoms. The lowest BCUT2D eigenvalue weighted by atomic mass is 10.2. The smallest absolute Gasteiger partial charge is 0.223 e. The first-order valence-electron chi connectivity index (χ1n) is 8.05. The number of rotatable bonds is 6. The third-order valence-corrected chi connectivity index (χ3v) is 4.50. The minimum atomic E-state index is -0.120. The Morgan fingerprint density at radius 3 is 2.80 bits per heavy atom. The standard InChI is InChI=1S/C19H19ClN2O3/c1-13(16-8-5-11-24-16)22(2)19(23)10-9-18-21-12-17(25-18)14-6-3-4-7-15(14)20/h3-8,11-13H,9-10H2,1-2H3. The fraction of sp³-hybridized carbons (Fsp3) is 0.263. The number of carbonyl (C=O) groups excluding carboxylic acids is 1. The molecule has 0 N–H and O–H groups in total. The normalized spacial score (nSPS) is 12.1.